The first-order valence-electron chi connectivity index (χ1n) is 8.15. The molecule has 0 spiro atoms. The summed E-state index contributed by atoms with van der Waals surface area (Å²) in [4.78, 5) is 12.3. The summed E-state index contributed by atoms with van der Waals surface area (Å²) in [5, 5.41) is 3.54. The highest BCUT2D eigenvalue weighted by Crippen LogP contribution is 2.26. The number of hydrogen-bond acceptors (Lipinski definition) is 3. The van der Waals surface area contributed by atoms with Gasteiger partial charge in [0.2, 0.25) is 5.91 Å². The van der Waals surface area contributed by atoms with E-state index in [1.54, 1.807) is 18.2 Å². The summed E-state index contributed by atoms with van der Waals surface area (Å²) < 4.78 is 27.2. The SMILES string of the molecule is CCCCNC(=O)CN(c1cccc(Cl)c1)S(=O)(=O)c1ccc(Cl)cc1. The number of amides is 1. The van der Waals surface area contributed by atoms with Gasteiger partial charge in [-0.3, -0.25) is 9.10 Å². The first kappa shape index (κ1) is 20.6. The van der Waals surface area contributed by atoms with Crippen LogP contribution in [0.15, 0.2) is 53.4 Å². The maximum absolute atomic E-state index is 13.1. The maximum atomic E-state index is 13.1. The molecule has 0 atom stereocenters. The standard InChI is InChI=1S/C18H20Cl2N2O3S/c1-2-3-11-21-18(23)13-22(16-6-4-5-15(20)12-16)26(24,25)17-9-7-14(19)8-10-17/h4-10,12H,2-3,11,13H2,1H3,(H,21,23). The average molecular weight is 415 g/mol. The number of hydrogen-bond donors (Lipinski definition) is 1. The lowest BCUT2D eigenvalue weighted by atomic mass is 10.3. The van der Waals surface area contributed by atoms with Crippen molar-refractivity contribution in [3.05, 3.63) is 58.6 Å². The zero-order valence-corrected chi connectivity index (χ0v) is 16.6. The molecule has 0 fully saturated rings. The zero-order chi connectivity index (χ0) is 19.2. The quantitative estimate of drug-likeness (QED) is 0.660. The van der Waals surface area contributed by atoms with Crippen molar-refractivity contribution in [2.24, 2.45) is 0 Å². The van der Waals surface area contributed by atoms with Gasteiger partial charge in [0.05, 0.1) is 10.6 Å². The van der Waals surface area contributed by atoms with Crippen LogP contribution < -0.4 is 9.62 Å². The Bertz CT molecular complexity index is 855. The Morgan fingerprint density at radius 1 is 1.08 bits per heavy atom. The molecule has 0 saturated heterocycles. The van der Waals surface area contributed by atoms with E-state index in [-0.39, 0.29) is 17.3 Å². The number of carbonyl (C=O) groups is 1. The molecule has 0 aliphatic rings. The molecule has 2 aromatic carbocycles. The molecular weight excluding hydrogens is 395 g/mol. The first-order chi connectivity index (χ1) is 12.3. The summed E-state index contributed by atoms with van der Waals surface area (Å²) in [5.74, 6) is -0.379. The second kappa shape index (κ2) is 9.26. The van der Waals surface area contributed by atoms with E-state index in [2.05, 4.69) is 5.32 Å². The van der Waals surface area contributed by atoms with E-state index in [4.69, 9.17) is 23.2 Å². The minimum Gasteiger partial charge on any atom is -0.355 e. The predicted molar refractivity (Wildman–Crippen MR) is 105 cm³/mol. The molecule has 2 aromatic rings. The van der Waals surface area contributed by atoms with Crippen LogP contribution in [-0.2, 0) is 14.8 Å². The van der Waals surface area contributed by atoms with E-state index < -0.39 is 10.0 Å². The van der Waals surface area contributed by atoms with Gasteiger partial charge >= 0.3 is 0 Å². The van der Waals surface area contributed by atoms with Crippen LogP contribution in [0.5, 0.6) is 0 Å². The van der Waals surface area contributed by atoms with E-state index in [1.165, 1.54) is 30.3 Å². The molecule has 140 valence electrons. The van der Waals surface area contributed by atoms with Gasteiger partial charge in [0.1, 0.15) is 6.54 Å². The Labute approximate surface area is 164 Å². The molecule has 1 N–H and O–H groups in total. The van der Waals surface area contributed by atoms with Gasteiger partial charge in [0, 0.05) is 16.6 Å². The van der Waals surface area contributed by atoms with Gasteiger partial charge in [-0.05, 0) is 48.9 Å². The fourth-order valence-corrected chi connectivity index (χ4v) is 3.99. The van der Waals surface area contributed by atoms with Crippen molar-refractivity contribution in [3.63, 3.8) is 0 Å². The molecule has 26 heavy (non-hydrogen) atoms. The van der Waals surface area contributed by atoms with Crippen molar-refractivity contribution in [2.45, 2.75) is 24.7 Å². The highest BCUT2D eigenvalue weighted by molar-refractivity contribution is 7.92. The van der Waals surface area contributed by atoms with Gasteiger partial charge in [-0.2, -0.15) is 0 Å². The fraction of sp³-hybridized carbons (Fsp3) is 0.278. The van der Waals surface area contributed by atoms with Gasteiger partial charge in [0.15, 0.2) is 0 Å². The van der Waals surface area contributed by atoms with E-state index in [9.17, 15) is 13.2 Å². The van der Waals surface area contributed by atoms with E-state index in [0.717, 1.165) is 17.1 Å². The highest BCUT2D eigenvalue weighted by atomic mass is 35.5. The normalized spacial score (nSPS) is 11.2. The summed E-state index contributed by atoms with van der Waals surface area (Å²) in [5.41, 5.74) is 0.318. The van der Waals surface area contributed by atoms with Crippen LogP contribution in [0.4, 0.5) is 5.69 Å². The molecule has 0 unspecified atom stereocenters. The third-order valence-corrected chi connectivity index (χ3v) is 5.91. The Morgan fingerprint density at radius 3 is 2.38 bits per heavy atom. The molecule has 0 heterocycles. The molecule has 1 amide bonds. The van der Waals surface area contributed by atoms with Crippen LogP contribution >= 0.6 is 23.2 Å². The lowest BCUT2D eigenvalue weighted by Crippen LogP contribution is -2.41. The van der Waals surface area contributed by atoms with Crippen LogP contribution in [0.3, 0.4) is 0 Å². The third-order valence-electron chi connectivity index (χ3n) is 3.64. The number of nitrogens with zero attached hydrogens (tertiary/aromatic N) is 1. The van der Waals surface area contributed by atoms with Gasteiger partial charge in [0.25, 0.3) is 10.0 Å². The molecule has 8 heteroatoms. The number of anilines is 1. The third kappa shape index (κ3) is 5.37. The van der Waals surface area contributed by atoms with Crippen molar-refractivity contribution in [1.29, 1.82) is 0 Å². The van der Waals surface area contributed by atoms with E-state index in [1.807, 2.05) is 6.92 Å². The molecule has 2 rings (SSSR count). The molecule has 0 aliphatic heterocycles. The van der Waals surface area contributed by atoms with Crippen molar-refractivity contribution in [1.82, 2.24) is 5.32 Å². The van der Waals surface area contributed by atoms with Crippen molar-refractivity contribution in [3.8, 4) is 0 Å². The summed E-state index contributed by atoms with van der Waals surface area (Å²) in [6.07, 6.45) is 1.76. The maximum Gasteiger partial charge on any atom is 0.264 e. The van der Waals surface area contributed by atoms with Crippen LogP contribution in [0, 0.1) is 0 Å². The molecule has 0 aromatic heterocycles. The first-order valence-corrected chi connectivity index (χ1v) is 10.3. The number of halogens is 2. The van der Waals surface area contributed by atoms with Gasteiger partial charge in [-0.25, -0.2) is 8.42 Å². The summed E-state index contributed by atoms with van der Waals surface area (Å²) in [6, 6.07) is 12.2. The Balaban J connectivity index is 2.36. The summed E-state index contributed by atoms with van der Waals surface area (Å²) >= 11 is 11.8. The molecule has 0 saturated carbocycles. The van der Waals surface area contributed by atoms with Crippen LogP contribution in [0.1, 0.15) is 19.8 Å². The van der Waals surface area contributed by atoms with Gasteiger partial charge in [-0.1, -0.05) is 42.6 Å². The largest absolute Gasteiger partial charge is 0.355 e. The summed E-state index contributed by atoms with van der Waals surface area (Å²) in [6.45, 7) is 2.17. The monoisotopic (exact) mass is 414 g/mol. The Hall–Kier alpha value is -1.76. The van der Waals surface area contributed by atoms with E-state index >= 15 is 0 Å². The zero-order valence-electron chi connectivity index (χ0n) is 14.3. The minimum absolute atomic E-state index is 0.0447. The van der Waals surface area contributed by atoms with Crippen molar-refractivity contribution >= 4 is 44.8 Å². The molecule has 0 bridgehead atoms. The van der Waals surface area contributed by atoms with E-state index in [0.29, 0.717) is 22.3 Å². The predicted octanol–water partition coefficient (Wildman–Crippen LogP) is 4.11. The number of sulfonamides is 1. The lowest BCUT2D eigenvalue weighted by Gasteiger charge is -2.24. The molecule has 0 radical (unpaired) electrons. The molecular formula is C18H20Cl2N2O3S. The molecule has 5 nitrogen and oxygen atoms in total. The van der Waals surface area contributed by atoms with Crippen LogP contribution in [0.25, 0.3) is 0 Å². The average Bonchev–Trinajstić information content (AvgIpc) is 2.60. The van der Waals surface area contributed by atoms with Gasteiger partial charge in [-0.15, -0.1) is 0 Å². The van der Waals surface area contributed by atoms with Crippen molar-refractivity contribution in [2.75, 3.05) is 17.4 Å². The highest BCUT2D eigenvalue weighted by Gasteiger charge is 2.27. The Morgan fingerprint density at radius 2 is 1.77 bits per heavy atom. The molecule has 0 aliphatic carbocycles. The second-order valence-corrected chi connectivity index (χ2v) is 8.38. The Kier molecular flexibility index (Phi) is 7.32. The number of carbonyl (C=O) groups excluding carboxylic acids is 1. The van der Waals surface area contributed by atoms with Gasteiger partial charge < -0.3 is 5.32 Å². The van der Waals surface area contributed by atoms with Crippen molar-refractivity contribution < 1.29 is 13.2 Å². The number of rotatable bonds is 8. The second-order valence-electron chi connectivity index (χ2n) is 5.65. The number of unbranched alkanes of at least 4 members (excludes halogenated alkanes) is 1. The minimum atomic E-state index is -3.96. The number of nitrogens with one attached hydrogen (secondary N) is 1. The summed E-state index contributed by atoms with van der Waals surface area (Å²) in [7, 11) is -3.96. The lowest BCUT2D eigenvalue weighted by molar-refractivity contribution is -0.119. The van der Waals surface area contributed by atoms with Crippen LogP contribution in [0.2, 0.25) is 10.0 Å². The number of benzene rings is 2. The topological polar surface area (TPSA) is 66.5 Å². The van der Waals surface area contributed by atoms with Crippen LogP contribution in [-0.4, -0.2) is 27.4 Å². The smallest absolute Gasteiger partial charge is 0.264 e. The fourth-order valence-electron chi connectivity index (χ4n) is 2.27.